The standard InChI is InChI=1S/C43H30N4/c1-29-28-38(34-8-4-2-5-9-34)42-43(39(29)35-10-6-3-7-11-35)47-41(37-18-14-31(15-19-37)33-22-26-45-27-23-33)40(46-42)36-16-12-30(13-17-36)32-20-24-44-25-21-32/h2-28H,1H3. The molecule has 4 heteroatoms. The molecular formula is C43H30N4. The molecule has 0 saturated carbocycles. The largest absolute Gasteiger partial charge is 0.265 e. The van der Waals surface area contributed by atoms with E-state index in [4.69, 9.17) is 9.97 Å². The Bertz CT molecular complexity index is 2300. The Morgan fingerprint density at radius 3 is 1.26 bits per heavy atom. The van der Waals surface area contributed by atoms with E-state index >= 15 is 0 Å². The van der Waals surface area contributed by atoms with Crippen LogP contribution in [0.1, 0.15) is 5.56 Å². The lowest BCUT2D eigenvalue weighted by Crippen LogP contribution is -2.00. The van der Waals surface area contributed by atoms with E-state index in [9.17, 15) is 0 Å². The Hall–Kier alpha value is -6.26. The summed E-state index contributed by atoms with van der Waals surface area (Å²) < 4.78 is 0. The van der Waals surface area contributed by atoms with Gasteiger partial charge in [-0.25, -0.2) is 9.97 Å². The predicted octanol–water partition coefficient (Wildman–Crippen LogP) is 10.7. The molecule has 0 bridgehead atoms. The molecule has 5 aromatic carbocycles. The van der Waals surface area contributed by atoms with Crippen molar-refractivity contribution in [1.29, 1.82) is 0 Å². The Balaban J connectivity index is 1.39. The SMILES string of the molecule is Cc1cc(-c2ccccc2)c2nc(-c3ccc(-c4ccncc4)cc3)c(-c3ccc(-c4ccncc4)cc3)nc2c1-c1ccccc1. The molecule has 0 atom stereocenters. The lowest BCUT2D eigenvalue weighted by atomic mass is 9.92. The summed E-state index contributed by atoms with van der Waals surface area (Å²) in [5.41, 5.74) is 15.5. The van der Waals surface area contributed by atoms with E-state index in [0.29, 0.717) is 0 Å². The van der Waals surface area contributed by atoms with Crippen molar-refractivity contribution in [1.82, 2.24) is 19.9 Å². The van der Waals surface area contributed by atoms with Crippen LogP contribution in [0.5, 0.6) is 0 Å². The summed E-state index contributed by atoms with van der Waals surface area (Å²) in [5.74, 6) is 0. The molecule has 0 N–H and O–H groups in total. The zero-order valence-corrected chi connectivity index (χ0v) is 25.9. The zero-order valence-electron chi connectivity index (χ0n) is 25.9. The lowest BCUT2D eigenvalue weighted by molar-refractivity contribution is 1.28. The van der Waals surface area contributed by atoms with Crippen LogP contribution in [0.2, 0.25) is 0 Å². The molecule has 0 aliphatic rings. The van der Waals surface area contributed by atoms with Crippen molar-refractivity contribution in [3.05, 3.63) is 170 Å². The molecule has 3 aromatic heterocycles. The highest BCUT2D eigenvalue weighted by molar-refractivity contribution is 6.04. The number of pyridine rings is 2. The van der Waals surface area contributed by atoms with Crippen molar-refractivity contribution < 1.29 is 0 Å². The van der Waals surface area contributed by atoms with Gasteiger partial charge in [-0.1, -0.05) is 109 Å². The number of aryl methyl sites for hydroxylation is 1. The maximum Gasteiger partial charge on any atom is 0.0982 e. The van der Waals surface area contributed by atoms with Crippen LogP contribution in [-0.2, 0) is 0 Å². The third kappa shape index (κ3) is 5.47. The van der Waals surface area contributed by atoms with Crippen LogP contribution in [-0.4, -0.2) is 19.9 Å². The summed E-state index contributed by atoms with van der Waals surface area (Å²) in [6.07, 6.45) is 7.29. The minimum absolute atomic E-state index is 0.843. The first-order chi connectivity index (χ1) is 23.2. The van der Waals surface area contributed by atoms with Gasteiger partial charge in [-0.05, 0) is 76.2 Å². The second-order valence-electron chi connectivity index (χ2n) is 11.6. The van der Waals surface area contributed by atoms with E-state index in [-0.39, 0.29) is 0 Å². The van der Waals surface area contributed by atoms with Crippen LogP contribution in [0, 0.1) is 6.92 Å². The van der Waals surface area contributed by atoms with Gasteiger partial charge < -0.3 is 0 Å². The Labute approximate surface area is 274 Å². The van der Waals surface area contributed by atoms with Gasteiger partial charge in [0, 0.05) is 47.0 Å². The quantitative estimate of drug-likeness (QED) is 0.190. The molecule has 0 aliphatic heterocycles. The first-order valence-corrected chi connectivity index (χ1v) is 15.7. The second kappa shape index (κ2) is 12.3. The van der Waals surface area contributed by atoms with Crippen LogP contribution >= 0.6 is 0 Å². The van der Waals surface area contributed by atoms with Gasteiger partial charge in [-0.2, -0.15) is 0 Å². The van der Waals surface area contributed by atoms with Gasteiger partial charge in [0.05, 0.1) is 22.4 Å². The number of hydrogen-bond donors (Lipinski definition) is 0. The molecule has 0 fully saturated rings. The van der Waals surface area contributed by atoms with Gasteiger partial charge in [0.1, 0.15) is 0 Å². The van der Waals surface area contributed by atoms with Gasteiger partial charge in [0.2, 0.25) is 0 Å². The number of aromatic nitrogens is 4. The van der Waals surface area contributed by atoms with Crippen molar-refractivity contribution in [2.24, 2.45) is 0 Å². The van der Waals surface area contributed by atoms with Crippen LogP contribution in [0.15, 0.2) is 164 Å². The van der Waals surface area contributed by atoms with Gasteiger partial charge in [0.25, 0.3) is 0 Å². The predicted molar refractivity (Wildman–Crippen MR) is 192 cm³/mol. The van der Waals surface area contributed by atoms with E-state index in [1.54, 1.807) is 0 Å². The molecule has 47 heavy (non-hydrogen) atoms. The maximum atomic E-state index is 5.55. The molecule has 0 unspecified atom stereocenters. The average molecular weight is 603 g/mol. The monoisotopic (exact) mass is 602 g/mol. The second-order valence-corrected chi connectivity index (χ2v) is 11.6. The Morgan fingerprint density at radius 2 is 0.766 bits per heavy atom. The summed E-state index contributed by atoms with van der Waals surface area (Å²) in [4.78, 5) is 19.4. The zero-order chi connectivity index (χ0) is 31.6. The average Bonchev–Trinajstić information content (AvgIpc) is 3.15. The van der Waals surface area contributed by atoms with Gasteiger partial charge in [0.15, 0.2) is 0 Å². The summed E-state index contributed by atoms with van der Waals surface area (Å²) in [7, 11) is 0. The molecule has 0 radical (unpaired) electrons. The third-order valence-electron chi connectivity index (χ3n) is 8.63. The summed E-state index contributed by atoms with van der Waals surface area (Å²) in [5, 5.41) is 0. The van der Waals surface area contributed by atoms with Crippen LogP contribution < -0.4 is 0 Å². The topological polar surface area (TPSA) is 51.6 Å². The molecule has 4 nitrogen and oxygen atoms in total. The van der Waals surface area contributed by atoms with Crippen LogP contribution in [0.25, 0.3) is 78.1 Å². The summed E-state index contributed by atoms with van der Waals surface area (Å²) in [6, 6.07) is 48.6. The fourth-order valence-corrected chi connectivity index (χ4v) is 6.28. The van der Waals surface area contributed by atoms with E-state index in [2.05, 4.69) is 126 Å². The van der Waals surface area contributed by atoms with Crippen LogP contribution in [0.4, 0.5) is 0 Å². The van der Waals surface area contributed by atoms with Crippen molar-refractivity contribution in [2.75, 3.05) is 0 Å². The fraction of sp³-hybridized carbons (Fsp3) is 0.0233. The van der Waals surface area contributed by atoms with Gasteiger partial charge in [-0.3, -0.25) is 9.97 Å². The van der Waals surface area contributed by atoms with E-state index in [1.807, 2.05) is 55.1 Å². The normalized spacial score (nSPS) is 11.1. The lowest BCUT2D eigenvalue weighted by Gasteiger charge is -2.18. The number of rotatable bonds is 6. The highest BCUT2D eigenvalue weighted by atomic mass is 14.8. The van der Waals surface area contributed by atoms with Crippen molar-refractivity contribution in [3.8, 4) is 67.0 Å². The van der Waals surface area contributed by atoms with Crippen molar-refractivity contribution >= 4 is 11.0 Å². The smallest absolute Gasteiger partial charge is 0.0982 e. The number of hydrogen-bond acceptors (Lipinski definition) is 4. The molecule has 8 rings (SSSR count). The first kappa shape index (κ1) is 28.2. The molecular weight excluding hydrogens is 573 g/mol. The minimum atomic E-state index is 0.843. The van der Waals surface area contributed by atoms with Crippen LogP contribution in [0.3, 0.4) is 0 Å². The number of fused-ring (bicyclic) bond motifs is 1. The highest BCUT2D eigenvalue weighted by Gasteiger charge is 2.21. The Kier molecular flexibility index (Phi) is 7.37. The first-order valence-electron chi connectivity index (χ1n) is 15.7. The summed E-state index contributed by atoms with van der Waals surface area (Å²) in [6.45, 7) is 2.17. The van der Waals surface area contributed by atoms with Gasteiger partial charge >= 0.3 is 0 Å². The molecule has 0 amide bonds. The molecule has 0 spiro atoms. The van der Waals surface area contributed by atoms with Gasteiger partial charge in [-0.15, -0.1) is 0 Å². The number of benzene rings is 5. The van der Waals surface area contributed by atoms with Crippen molar-refractivity contribution in [3.63, 3.8) is 0 Å². The minimum Gasteiger partial charge on any atom is -0.265 e. The maximum absolute atomic E-state index is 5.55. The highest BCUT2D eigenvalue weighted by Crippen LogP contribution is 2.41. The van der Waals surface area contributed by atoms with Crippen molar-refractivity contribution in [2.45, 2.75) is 6.92 Å². The van der Waals surface area contributed by atoms with E-state index < -0.39 is 0 Å². The third-order valence-corrected chi connectivity index (χ3v) is 8.63. The molecule has 0 aliphatic carbocycles. The molecule has 3 heterocycles. The Morgan fingerprint density at radius 1 is 0.362 bits per heavy atom. The van der Waals surface area contributed by atoms with E-state index in [1.165, 1.54) is 0 Å². The summed E-state index contributed by atoms with van der Waals surface area (Å²) >= 11 is 0. The molecule has 222 valence electrons. The number of nitrogens with zero attached hydrogens (tertiary/aromatic N) is 4. The fourth-order valence-electron chi connectivity index (χ4n) is 6.28. The molecule has 0 saturated heterocycles. The molecule has 8 aromatic rings. The van der Waals surface area contributed by atoms with E-state index in [0.717, 1.165) is 83.6 Å².